The van der Waals surface area contributed by atoms with E-state index < -0.39 is 0 Å². The number of fused-ring (bicyclic) bond motifs is 1. The molecule has 1 N–H and O–H groups in total. The van der Waals surface area contributed by atoms with Crippen LogP contribution in [0.15, 0.2) is 34.2 Å². The molecule has 2 saturated carbocycles. The van der Waals surface area contributed by atoms with E-state index in [4.69, 9.17) is 9.72 Å². The van der Waals surface area contributed by atoms with Crippen LogP contribution in [0.1, 0.15) is 70.3 Å². The number of ether oxygens (including phenoxy) is 1. The first-order valence-electron chi connectivity index (χ1n) is 13.4. The van der Waals surface area contributed by atoms with Crippen molar-refractivity contribution in [3.05, 3.63) is 34.6 Å². The molecule has 190 valence electrons. The molecule has 0 bridgehead atoms. The molecule has 8 heteroatoms. The van der Waals surface area contributed by atoms with Crippen molar-refractivity contribution < 1.29 is 9.53 Å². The molecule has 2 heterocycles. The smallest absolute Gasteiger partial charge is 0.262 e. The van der Waals surface area contributed by atoms with Crippen molar-refractivity contribution in [2.24, 2.45) is 0 Å². The predicted octanol–water partition coefficient (Wildman–Crippen LogP) is 4.15. The Morgan fingerprint density at radius 1 is 1.06 bits per heavy atom. The van der Waals surface area contributed by atoms with Crippen LogP contribution in [0.2, 0.25) is 0 Å². The second-order valence-electron chi connectivity index (χ2n) is 10.3. The van der Waals surface area contributed by atoms with Gasteiger partial charge in [-0.3, -0.25) is 19.1 Å². The molecule has 3 aliphatic rings. The summed E-state index contributed by atoms with van der Waals surface area (Å²) in [6, 6.07) is 7.73. The first-order valence-corrected chi connectivity index (χ1v) is 14.4. The lowest BCUT2D eigenvalue weighted by molar-refractivity contribution is -0.119. The molecule has 2 aliphatic carbocycles. The van der Waals surface area contributed by atoms with Crippen LogP contribution in [-0.4, -0.2) is 64.5 Å². The quantitative estimate of drug-likeness (QED) is 0.457. The molecule has 2 aromatic rings. The van der Waals surface area contributed by atoms with Gasteiger partial charge in [-0.2, -0.15) is 0 Å². The minimum absolute atomic E-state index is 0.0193. The Labute approximate surface area is 212 Å². The molecular formula is C27H38N4O3S. The number of morpholine rings is 1. The summed E-state index contributed by atoms with van der Waals surface area (Å²) in [4.78, 5) is 33.9. The largest absolute Gasteiger partial charge is 0.379 e. The van der Waals surface area contributed by atoms with Crippen molar-refractivity contribution in [2.45, 2.75) is 80.9 Å². The van der Waals surface area contributed by atoms with Gasteiger partial charge in [0.2, 0.25) is 5.91 Å². The number of benzene rings is 1. The van der Waals surface area contributed by atoms with Crippen LogP contribution in [0.3, 0.4) is 0 Å². The Bertz CT molecular complexity index is 1070. The normalized spacial score (nSPS) is 21.7. The fourth-order valence-electron chi connectivity index (χ4n) is 6.19. The predicted molar refractivity (Wildman–Crippen MR) is 140 cm³/mol. The average Bonchev–Trinajstić information content (AvgIpc) is 2.92. The van der Waals surface area contributed by atoms with Gasteiger partial charge in [-0.1, -0.05) is 62.4 Å². The van der Waals surface area contributed by atoms with Gasteiger partial charge in [-0.15, -0.1) is 0 Å². The SMILES string of the molecule is O=C(CSc1nc2ccccc2c(=O)n1C1CCCCC1)NCC1(N2CCOCC2)CCCCC1. The van der Waals surface area contributed by atoms with Crippen LogP contribution in [0.5, 0.6) is 0 Å². The number of hydrogen-bond acceptors (Lipinski definition) is 6. The topological polar surface area (TPSA) is 76.5 Å². The summed E-state index contributed by atoms with van der Waals surface area (Å²) in [5.74, 6) is 0.294. The Balaban J connectivity index is 1.29. The molecule has 0 atom stereocenters. The molecule has 0 unspecified atom stereocenters. The van der Waals surface area contributed by atoms with E-state index in [2.05, 4.69) is 10.2 Å². The van der Waals surface area contributed by atoms with Gasteiger partial charge in [0.05, 0.1) is 29.9 Å². The van der Waals surface area contributed by atoms with E-state index in [1.807, 2.05) is 28.8 Å². The molecule has 0 spiro atoms. The minimum atomic E-state index is 0.0193. The molecule has 1 aliphatic heterocycles. The van der Waals surface area contributed by atoms with Gasteiger partial charge in [0.1, 0.15) is 0 Å². The molecule has 0 radical (unpaired) electrons. The van der Waals surface area contributed by atoms with Gasteiger partial charge < -0.3 is 10.1 Å². The van der Waals surface area contributed by atoms with Crippen molar-refractivity contribution in [3.63, 3.8) is 0 Å². The molecular weight excluding hydrogens is 460 g/mol. The van der Waals surface area contributed by atoms with Gasteiger partial charge >= 0.3 is 0 Å². The maximum atomic E-state index is 13.4. The van der Waals surface area contributed by atoms with Crippen molar-refractivity contribution >= 4 is 28.6 Å². The molecule has 1 saturated heterocycles. The van der Waals surface area contributed by atoms with E-state index in [1.165, 1.54) is 37.4 Å². The van der Waals surface area contributed by atoms with Crippen molar-refractivity contribution in [2.75, 3.05) is 38.6 Å². The summed E-state index contributed by atoms with van der Waals surface area (Å²) in [6.07, 6.45) is 11.5. The number of aromatic nitrogens is 2. The molecule has 7 nitrogen and oxygen atoms in total. The number of amides is 1. The lowest BCUT2D eigenvalue weighted by Gasteiger charge is -2.48. The Morgan fingerprint density at radius 3 is 2.54 bits per heavy atom. The van der Waals surface area contributed by atoms with Gasteiger partial charge in [0.25, 0.3) is 5.56 Å². The van der Waals surface area contributed by atoms with E-state index in [0.29, 0.717) is 22.6 Å². The molecule has 1 amide bonds. The molecule has 5 rings (SSSR count). The lowest BCUT2D eigenvalue weighted by atomic mass is 9.79. The number of para-hydroxylation sites is 1. The lowest BCUT2D eigenvalue weighted by Crippen LogP contribution is -2.59. The van der Waals surface area contributed by atoms with Crippen LogP contribution in [0.25, 0.3) is 10.9 Å². The summed E-state index contributed by atoms with van der Waals surface area (Å²) < 4.78 is 7.47. The standard InChI is InChI=1S/C27H38N4O3S/c32-24(28-20-27(13-7-2-8-14-27)30-15-17-34-18-16-30)19-35-26-29-23-12-6-5-11-22(23)25(33)31(26)21-9-3-1-4-10-21/h5-6,11-12,21H,1-4,7-10,13-20H2,(H,28,32). The number of nitrogens with zero attached hydrogens (tertiary/aromatic N) is 3. The highest BCUT2D eigenvalue weighted by Gasteiger charge is 2.38. The van der Waals surface area contributed by atoms with E-state index >= 15 is 0 Å². The number of carbonyl (C=O) groups is 1. The molecule has 1 aromatic carbocycles. The zero-order valence-corrected chi connectivity index (χ0v) is 21.5. The van der Waals surface area contributed by atoms with Gasteiger partial charge in [-0.05, 0) is 37.8 Å². The minimum Gasteiger partial charge on any atom is -0.379 e. The second-order valence-corrected chi connectivity index (χ2v) is 11.3. The van der Waals surface area contributed by atoms with Crippen LogP contribution in [-0.2, 0) is 9.53 Å². The summed E-state index contributed by atoms with van der Waals surface area (Å²) >= 11 is 1.41. The van der Waals surface area contributed by atoms with Crippen molar-refractivity contribution in [1.29, 1.82) is 0 Å². The number of thioether (sulfide) groups is 1. The molecule has 35 heavy (non-hydrogen) atoms. The van der Waals surface area contributed by atoms with Crippen LogP contribution in [0.4, 0.5) is 0 Å². The third-order valence-corrected chi connectivity index (χ3v) is 9.08. The van der Waals surface area contributed by atoms with E-state index in [9.17, 15) is 9.59 Å². The van der Waals surface area contributed by atoms with E-state index in [-0.39, 0.29) is 28.8 Å². The molecule has 3 fully saturated rings. The number of nitrogens with one attached hydrogen (secondary N) is 1. The van der Waals surface area contributed by atoms with E-state index in [1.54, 1.807) is 0 Å². The fraction of sp³-hybridized carbons (Fsp3) is 0.667. The zero-order valence-electron chi connectivity index (χ0n) is 20.7. The van der Waals surface area contributed by atoms with Gasteiger partial charge in [0.15, 0.2) is 5.16 Å². The monoisotopic (exact) mass is 498 g/mol. The second kappa shape index (κ2) is 11.4. The van der Waals surface area contributed by atoms with Gasteiger partial charge in [-0.25, -0.2) is 4.98 Å². The average molecular weight is 499 g/mol. The highest BCUT2D eigenvalue weighted by Crippen LogP contribution is 2.34. The fourth-order valence-corrected chi connectivity index (χ4v) is 7.08. The first-order chi connectivity index (χ1) is 17.2. The summed E-state index contributed by atoms with van der Waals surface area (Å²) in [5, 5.41) is 4.59. The summed E-state index contributed by atoms with van der Waals surface area (Å²) in [5.41, 5.74) is 0.785. The third kappa shape index (κ3) is 5.59. The Kier molecular flexibility index (Phi) is 8.10. The van der Waals surface area contributed by atoms with Crippen LogP contribution in [0, 0.1) is 0 Å². The zero-order chi connectivity index (χ0) is 24.1. The maximum Gasteiger partial charge on any atom is 0.262 e. The van der Waals surface area contributed by atoms with Gasteiger partial charge in [0, 0.05) is 31.2 Å². The Hall–Kier alpha value is -1.90. The van der Waals surface area contributed by atoms with E-state index in [0.717, 1.165) is 64.8 Å². The maximum absolute atomic E-state index is 13.4. The van der Waals surface area contributed by atoms with Crippen LogP contribution >= 0.6 is 11.8 Å². The number of carbonyl (C=O) groups excluding carboxylic acids is 1. The first kappa shape index (κ1) is 24.8. The van der Waals surface area contributed by atoms with Crippen LogP contribution < -0.4 is 10.9 Å². The third-order valence-electron chi connectivity index (χ3n) is 8.13. The summed E-state index contributed by atoms with van der Waals surface area (Å²) in [6.45, 7) is 4.13. The number of hydrogen-bond donors (Lipinski definition) is 1. The highest BCUT2D eigenvalue weighted by molar-refractivity contribution is 7.99. The Morgan fingerprint density at radius 2 is 1.77 bits per heavy atom. The summed E-state index contributed by atoms with van der Waals surface area (Å²) in [7, 11) is 0. The van der Waals surface area contributed by atoms with Crippen molar-refractivity contribution in [1.82, 2.24) is 19.8 Å². The molecule has 1 aromatic heterocycles. The number of rotatable bonds is 7. The van der Waals surface area contributed by atoms with Crippen molar-refractivity contribution in [3.8, 4) is 0 Å². The highest BCUT2D eigenvalue weighted by atomic mass is 32.2.